The van der Waals surface area contributed by atoms with E-state index in [1.807, 2.05) is 11.4 Å². The number of rotatable bonds is 1. The Hall–Kier alpha value is 0.520. The Labute approximate surface area is 77.7 Å². The van der Waals surface area contributed by atoms with Crippen LogP contribution in [-0.2, 0) is 11.8 Å². The summed E-state index contributed by atoms with van der Waals surface area (Å²) in [6.45, 7) is 0. The molecular weight excluding hydrogens is 193 g/mol. The fourth-order valence-electron chi connectivity index (χ4n) is 0.970. The second kappa shape index (κ2) is 3.49. The van der Waals surface area contributed by atoms with E-state index in [-0.39, 0.29) is 0 Å². The molecule has 1 saturated heterocycles. The molecule has 1 nitrogen and oxygen atoms in total. The molecule has 2 unspecified atom stereocenters. The standard InChI is InChI=1S/C7H12NPS2/c1-4-7-5-9(10,8(2)3)11-6-7/h1,7H,5-6H2,2-3H3. The minimum atomic E-state index is -1.27. The van der Waals surface area contributed by atoms with Gasteiger partial charge < -0.3 is 0 Å². The Morgan fingerprint density at radius 2 is 2.36 bits per heavy atom. The van der Waals surface area contributed by atoms with E-state index in [1.54, 1.807) is 0 Å². The van der Waals surface area contributed by atoms with E-state index in [0.29, 0.717) is 5.92 Å². The van der Waals surface area contributed by atoms with E-state index >= 15 is 0 Å². The summed E-state index contributed by atoms with van der Waals surface area (Å²) in [4.78, 5) is 0. The van der Waals surface area contributed by atoms with Crippen molar-refractivity contribution in [1.82, 2.24) is 4.67 Å². The average Bonchev–Trinajstić information content (AvgIpc) is 2.33. The molecule has 1 heterocycles. The van der Waals surface area contributed by atoms with Gasteiger partial charge in [-0.05, 0) is 14.1 Å². The molecular formula is C7H12NPS2. The summed E-state index contributed by atoms with van der Waals surface area (Å²) in [6, 6.07) is 0. The van der Waals surface area contributed by atoms with Crippen LogP contribution in [0.3, 0.4) is 0 Å². The number of terminal acetylenes is 1. The predicted molar refractivity (Wildman–Crippen MR) is 57.6 cm³/mol. The molecule has 0 saturated carbocycles. The van der Waals surface area contributed by atoms with Crippen LogP contribution in [0.4, 0.5) is 0 Å². The van der Waals surface area contributed by atoms with Gasteiger partial charge in [-0.2, -0.15) is 0 Å². The van der Waals surface area contributed by atoms with Crippen molar-refractivity contribution in [1.29, 1.82) is 0 Å². The molecule has 1 aliphatic heterocycles. The molecule has 0 aliphatic carbocycles. The van der Waals surface area contributed by atoms with Crippen molar-refractivity contribution in [3.05, 3.63) is 0 Å². The van der Waals surface area contributed by atoms with E-state index in [2.05, 4.69) is 24.7 Å². The number of nitrogens with zero attached hydrogens (tertiary/aromatic N) is 1. The van der Waals surface area contributed by atoms with Crippen molar-refractivity contribution in [2.75, 3.05) is 26.0 Å². The van der Waals surface area contributed by atoms with Crippen molar-refractivity contribution in [2.45, 2.75) is 0 Å². The summed E-state index contributed by atoms with van der Waals surface area (Å²) in [5.41, 5.74) is 0. The second-order valence-corrected chi connectivity index (χ2v) is 11.0. The molecule has 0 aromatic carbocycles. The fraction of sp³-hybridized carbons (Fsp3) is 0.714. The summed E-state index contributed by atoms with van der Waals surface area (Å²) in [5, 5.41) is -1.27. The van der Waals surface area contributed by atoms with Gasteiger partial charge in [0.25, 0.3) is 0 Å². The molecule has 0 amide bonds. The third kappa shape index (κ3) is 2.00. The van der Waals surface area contributed by atoms with Gasteiger partial charge in [-0.25, -0.2) is 0 Å². The van der Waals surface area contributed by atoms with Gasteiger partial charge in [-0.1, -0.05) is 11.8 Å². The van der Waals surface area contributed by atoms with Gasteiger partial charge in [-0.15, -0.1) is 23.7 Å². The molecule has 1 fully saturated rings. The first-order valence-corrected chi connectivity index (χ1v) is 7.99. The maximum atomic E-state index is 5.54. The summed E-state index contributed by atoms with van der Waals surface area (Å²) in [5.74, 6) is 4.27. The molecule has 0 bridgehead atoms. The molecule has 2 atom stereocenters. The Morgan fingerprint density at radius 3 is 2.64 bits per heavy atom. The smallest absolute Gasteiger partial charge is 0.0677 e. The number of hydrogen-bond donors (Lipinski definition) is 0. The van der Waals surface area contributed by atoms with Crippen LogP contribution in [0.15, 0.2) is 0 Å². The van der Waals surface area contributed by atoms with E-state index in [4.69, 9.17) is 18.2 Å². The highest BCUT2D eigenvalue weighted by Gasteiger charge is 2.31. The van der Waals surface area contributed by atoms with Gasteiger partial charge in [0.15, 0.2) is 0 Å². The molecule has 62 valence electrons. The third-order valence-corrected chi connectivity index (χ3v) is 10.3. The first-order valence-electron chi connectivity index (χ1n) is 3.46. The zero-order valence-corrected chi connectivity index (χ0v) is 9.31. The maximum absolute atomic E-state index is 5.54. The Balaban J connectivity index is 2.67. The lowest BCUT2D eigenvalue weighted by Crippen LogP contribution is -2.07. The van der Waals surface area contributed by atoms with Crippen molar-refractivity contribution in [3.63, 3.8) is 0 Å². The lowest BCUT2D eigenvalue weighted by molar-refractivity contribution is 0.680. The monoisotopic (exact) mass is 205 g/mol. The predicted octanol–water partition coefficient (Wildman–Crippen LogP) is 1.85. The Kier molecular flexibility index (Phi) is 3.05. The molecule has 0 radical (unpaired) electrons. The van der Waals surface area contributed by atoms with E-state index in [1.165, 1.54) is 0 Å². The minimum absolute atomic E-state index is 0.424. The zero-order chi connectivity index (χ0) is 8.48. The van der Waals surface area contributed by atoms with Gasteiger partial charge >= 0.3 is 0 Å². The van der Waals surface area contributed by atoms with E-state index < -0.39 is 5.39 Å². The molecule has 0 spiro atoms. The maximum Gasteiger partial charge on any atom is 0.0677 e. The summed E-state index contributed by atoms with van der Waals surface area (Å²) >= 11 is 7.43. The lowest BCUT2D eigenvalue weighted by Gasteiger charge is -2.22. The van der Waals surface area contributed by atoms with Gasteiger partial charge in [-0.3, -0.25) is 4.67 Å². The highest BCUT2D eigenvalue weighted by Crippen LogP contribution is 2.66. The van der Waals surface area contributed by atoms with Crippen LogP contribution >= 0.6 is 16.8 Å². The van der Waals surface area contributed by atoms with Crippen LogP contribution in [0.1, 0.15) is 0 Å². The third-order valence-electron chi connectivity index (χ3n) is 1.77. The van der Waals surface area contributed by atoms with Crippen molar-refractivity contribution in [3.8, 4) is 12.3 Å². The first-order chi connectivity index (χ1) is 5.08. The van der Waals surface area contributed by atoms with Crippen molar-refractivity contribution >= 4 is 28.6 Å². The zero-order valence-electron chi connectivity index (χ0n) is 6.78. The highest BCUT2D eigenvalue weighted by atomic mass is 32.9. The fourth-order valence-corrected chi connectivity index (χ4v) is 7.10. The van der Waals surface area contributed by atoms with Crippen molar-refractivity contribution < 1.29 is 0 Å². The quantitative estimate of drug-likeness (QED) is 0.475. The van der Waals surface area contributed by atoms with Gasteiger partial charge in [0.2, 0.25) is 0 Å². The van der Waals surface area contributed by atoms with E-state index in [9.17, 15) is 0 Å². The molecule has 1 aliphatic rings. The largest absolute Gasteiger partial charge is 0.273 e. The van der Waals surface area contributed by atoms with Crippen LogP contribution in [0, 0.1) is 18.3 Å². The molecule has 0 aromatic heterocycles. The topological polar surface area (TPSA) is 3.24 Å². The molecule has 0 aromatic rings. The van der Waals surface area contributed by atoms with Gasteiger partial charge in [0, 0.05) is 17.8 Å². The Morgan fingerprint density at radius 1 is 1.73 bits per heavy atom. The van der Waals surface area contributed by atoms with Crippen LogP contribution in [0.25, 0.3) is 0 Å². The van der Waals surface area contributed by atoms with Crippen LogP contribution in [0.5, 0.6) is 0 Å². The molecule has 1 rings (SSSR count). The van der Waals surface area contributed by atoms with Gasteiger partial charge in [0.1, 0.15) is 0 Å². The second-order valence-electron chi connectivity index (χ2n) is 2.83. The van der Waals surface area contributed by atoms with Crippen LogP contribution in [0.2, 0.25) is 0 Å². The van der Waals surface area contributed by atoms with E-state index in [0.717, 1.165) is 11.9 Å². The Bertz CT molecular complexity index is 231. The summed E-state index contributed by atoms with van der Waals surface area (Å²) < 4.78 is 2.18. The van der Waals surface area contributed by atoms with Crippen LogP contribution in [-0.4, -0.2) is 30.7 Å². The minimum Gasteiger partial charge on any atom is -0.273 e. The average molecular weight is 205 g/mol. The SMILES string of the molecule is C#CC1CSP(=S)(N(C)C)C1. The normalized spacial score (nSPS) is 37.5. The van der Waals surface area contributed by atoms with Gasteiger partial charge in [0.05, 0.1) is 5.39 Å². The highest BCUT2D eigenvalue weighted by molar-refractivity contribution is 8.70. The molecule has 11 heavy (non-hydrogen) atoms. The first kappa shape index (κ1) is 9.61. The lowest BCUT2D eigenvalue weighted by atomic mass is 10.2. The molecule has 0 N–H and O–H groups in total. The van der Waals surface area contributed by atoms with Crippen LogP contribution < -0.4 is 0 Å². The summed E-state index contributed by atoms with van der Waals surface area (Å²) in [6.07, 6.45) is 6.40. The van der Waals surface area contributed by atoms with Crippen molar-refractivity contribution in [2.24, 2.45) is 5.92 Å². The summed E-state index contributed by atoms with van der Waals surface area (Å²) in [7, 11) is 4.12. The molecule has 4 heteroatoms. The number of hydrogen-bond acceptors (Lipinski definition) is 2.